The van der Waals surface area contributed by atoms with Crippen molar-refractivity contribution in [1.29, 1.82) is 0 Å². The third-order valence-electron chi connectivity index (χ3n) is 3.82. The fourth-order valence-electron chi connectivity index (χ4n) is 2.42. The molecule has 26 heavy (non-hydrogen) atoms. The van der Waals surface area contributed by atoms with Gasteiger partial charge < -0.3 is 20.2 Å². The minimum absolute atomic E-state index is 0.169. The number of aryl methyl sites for hydroxylation is 1. The number of halogens is 2. The number of hydrogen-bond acceptors (Lipinski definition) is 4. The monoisotopic (exact) mass is 434 g/mol. The number of nitrogens with one attached hydrogen (secondary N) is 1. The van der Waals surface area contributed by atoms with E-state index in [9.17, 15) is 4.79 Å². The van der Waals surface area contributed by atoms with Crippen molar-refractivity contribution in [3.8, 4) is 17.1 Å². The van der Waals surface area contributed by atoms with Crippen LogP contribution < -0.4 is 15.8 Å². The Bertz CT molecular complexity index is 985. The molecule has 1 amide bonds. The number of hydrogen-bond donors (Lipinski definition) is 2. The molecule has 0 radical (unpaired) electrons. The third-order valence-corrected chi connectivity index (χ3v) is 4.85. The fourth-order valence-corrected chi connectivity index (χ4v) is 3.16. The van der Waals surface area contributed by atoms with Crippen molar-refractivity contribution in [3.63, 3.8) is 0 Å². The first kappa shape index (κ1) is 18.4. The Hall–Kier alpha value is -2.44. The second-order valence-corrected chi connectivity index (χ2v) is 6.92. The van der Waals surface area contributed by atoms with Gasteiger partial charge in [0.05, 0.1) is 12.8 Å². The average molecular weight is 436 g/mol. The molecular weight excluding hydrogens is 420 g/mol. The molecule has 0 atom stereocenters. The zero-order valence-electron chi connectivity index (χ0n) is 14.1. The molecular formula is C19H16BrClN2O3. The van der Waals surface area contributed by atoms with Gasteiger partial charge in [0.2, 0.25) is 0 Å². The SMILES string of the molecule is COc1cc(N)cc(Br)c1NC(=O)c1ccc(-c2ccc(C)c(Cl)c2)o1. The van der Waals surface area contributed by atoms with Crippen molar-refractivity contribution in [1.82, 2.24) is 0 Å². The van der Waals surface area contributed by atoms with Gasteiger partial charge >= 0.3 is 0 Å². The first-order chi connectivity index (χ1) is 12.4. The van der Waals surface area contributed by atoms with Gasteiger partial charge in [-0.3, -0.25) is 4.79 Å². The van der Waals surface area contributed by atoms with Crippen molar-refractivity contribution >= 4 is 44.8 Å². The number of nitrogens with two attached hydrogens (primary N) is 1. The summed E-state index contributed by atoms with van der Waals surface area (Å²) < 4.78 is 11.6. The van der Waals surface area contributed by atoms with Crippen LogP contribution in [-0.2, 0) is 0 Å². The number of rotatable bonds is 4. The Morgan fingerprint density at radius 1 is 1.23 bits per heavy atom. The lowest BCUT2D eigenvalue weighted by Gasteiger charge is -2.12. The Morgan fingerprint density at radius 2 is 2.00 bits per heavy atom. The highest BCUT2D eigenvalue weighted by Crippen LogP contribution is 2.36. The van der Waals surface area contributed by atoms with Crippen LogP contribution in [0.25, 0.3) is 11.3 Å². The van der Waals surface area contributed by atoms with E-state index < -0.39 is 5.91 Å². The van der Waals surface area contributed by atoms with Gasteiger partial charge in [-0.1, -0.05) is 23.7 Å². The third kappa shape index (κ3) is 3.71. The molecule has 0 saturated heterocycles. The van der Waals surface area contributed by atoms with Crippen LogP contribution in [-0.4, -0.2) is 13.0 Å². The van der Waals surface area contributed by atoms with E-state index in [2.05, 4.69) is 21.2 Å². The van der Waals surface area contributed by atoms with E-state index >= 15 is 0 Å². The number of ether oxygens (including phenoxy) is 1. The maximum absolute atomic E-state index is 12.5. The summed E-state index contributed by atoms with van der Waals surface area (Å²) in [5.74, 6) is 0.767. The lowest BCUT2D eigenvalue weighted by molar-refractivity contribution is 0.0997. The molecule has 0 unspecified atom stereocenters. The minimum Gasteiger partial charge on any atom is -0.494 e. The van der Waals surface area contributed by atoms with E-state index in [1.165, 1.54) is 7.11 Å². The Balaban J connectivity index is 1.86. The molecule has 2 aromatic carbocycles. The molecule has 0 spiro atoms. The second-order valence-electron chi connectivity index (χ2n) is 5.66. The van der Waals surface area contributed by atoms with E-state index in [-0.39, 0.29) is 5.76 Å². The molecule has 3 N–H and O–H groups in total. The van der Waals surface area contributed by atoms with Crippen LogP contribution >= 0.6 is 27.5 Å². The highest BCUT2D eigenvalue weighted by Gasteiger charge is 2.17. The zero-order valence-corrected chi connectivity index (χ0v) is 16.4. The predicted octanol–water partition coefficient (Wildman–Crippen LogP) is 5.51. The second kappa shape index (κ2) is 7.43. The van der Waals surface area contributed by atoms with Gasteiger partial charge in [-0.25, -0.2) is 0 Å². The summed E-state index contributed by atoms with van der Waals surface area (Å²) in [4.78, 5) is 12.5. The van der Waals surface area contributed by atoms with E-state index in [1.54, 1.807) is 30.3 Å². The van der Waals surface area contributed by atoms with Crippen LogP contribution in [0.2, 0.25) is 5.02 Å². The molecule has 0 bridgehead atoms. The highest BCUT2D eigenvalue weighted by atomic mass is 79.9. The maximum Gasteiger partial charge on any atom is 0.291 e. The number of benzene rings is 2. The topological polar surface area (TPSA) is 77.5 Å². The molecule has 1 aromatic heterocycles. The first-order valence-corrected chi connectivity index (χ1v) is 8.87. The molecule has 0 fully saturated rings. The van der Waals surface area contributed by atoms with Crippen LogP contribution in [0.3, 0.4) is 0 Å². The molecule has 0 saturated carbocycles. The Labute approximate surface area is 164 Å². The lowest BCUT2D eigenvalue weighted by Crippen LogP contribution is -2.12. The van der Waals surface area contributed by atoms with Gasteiger partial charge in [0, 0.05) is 26.8 Å². The number of carbonyl (C=O) groups is 1. The number of furan rings is 1. The smallest absolute Gasteiger partial charge is 0.291 e. The summed E-state index contributed by atoms with van der Waals surface area (Å²) in [6, 6.07) is 12.2. The van der Waals surface area contributed by atoms with Gasteiger partial charge in [-0.15, -0.1) is 0 Å². The van der Waals surface area contributed by atoms with E-state index in [0.717, 1.165) is 11.1 Å². The standard InChI is InChI=1S/C19H16BrClN2O3/c1-10-3-4-11(7-14(10)21)15-5-6-16(26-15)19(24)23-18-13(20)8-12(22)9-17(18)25-2/h3-9H,22H2,1-2H3,(H,23,24). The van der Waals surface area contributed by atoms with Gasteiger partial charge in [0.15, 0.2) is 5.76 Å². The Kier molecular flexibility index (Phi) is 5.25. The average Bonchev–Trinajstić information content (AvgIpc) is 3.09. The number of carbonyl (C=O) groups excluding carboxylic acids is 1. The van der Waals surface area contributed by atoms with Crippen molar-refractivity contribution in [2.75, 3.05) is 18.2 Å². The van der Waals surface area contributed by atoms with Crippen LogP contribution in [0.15, 0.2) is 51.4 Å². The summed E-state index contributed by atoms with van der Waals surface area (Å²) in [5.41, 5.74) is 8.55. The molecule has 1 heterocycles. The van der Waals surface area contributed by atoms with Crippen LogP contribution in [0.1, 0.15) is 16.1 Å². The van der Waals surface area contributed by atoms with Crippen LogP contribution in [0, 0.1) is 6.92 Å². The van der Waals surface area contributed by atoms with Crippen molar-refractivity contribution in [2.45, 2.75) is 6.92 Å². The van der Waals surface area contributed by atoms with Crippen LogP contribution in [0.5, 0.6) is 5.75 Å². The largest absolute Gasteiger partial charge is 0.494 e. The normalized spacial score (nSPS) is 10.6. The fraction of sp³-hybridized carbons (Fsp3) is 0.105. The van der Waals surface area contributed by atoms with Crippen molar-refractivity contribution < 1.29 is 13.9 Å². The summed E-state index contributed by atoms with van der Waals surface area (Å²) in [7, 11) is 1.50. The van der Waals surface area contributed by atoms with E-state index in [4.69, 9.17) is 26.5 Å². The van der Waals surface area contributed by atoms with Crippen molar-refractivity contribution in [2.24, 2.45) is 0 Å². The molecule has 0 aliphatic carbocycles. The van der Waals surface area contributed by atoms with Crippen molar-refractivity contribution in [3.05, 3.63) is 63.3 Å². The lowest BCUT2D eigenvalue weighted by atomic mass is 10.1. The molecule has 7 heteroatoms. The molecule has 5 nitrogen and oxygen atoms in total. The summed E-state index contributed by atoms with van der Waals surface area (Å²) >= 11 is 9.53. The van der Waals surface area contributed by atoms with E-state index in [0.29, 0.717) is 32.4 Å². The minimum atomic E-state index is -0.404. The molecule has 3 rings (SSSR count). The number of anilines is 2. The van der Waals surface area contributed by atoms with Gasteiger partial charge in [0.1, 0.15) is 11.5 Å². The summed E-state index contributed by atoms with van der Waals surface area (Å²) in [6.45, 7) is 1.92. The molecule has 134 valence electrons. The number of nitrogen functional groups attached to an aromatic ring is 1. The highest BCUT2D eigenvalue weighted by molar-refractivity contribution is 9.10. The molecule has 0 aliphatic rings. The molecule has 0 aliphatic heterocycles. The van der Waals surface area contributed by atoms with Crippen LogP contribution in [0.4, 0.5) is 11.4 Å². The maximum atomic E-state index is 12.5. The number of methoxy groups -OCH3 is 1. The molecule has 3 aromatic rings. The predicted molar refractivity (Wildman–Crippen MR) is 107 cm³/mol. The summed E-state index contributed by atoms with van der Waals surface area (Å²) in [6.07, 6.45) is 0. The quantitative estimate of drug-likeness (QED) is 0.529. The first-order valence-electron chi connectivity index (χ1n) is 7.69. The van der Waals surface area contributed by atoms with E-state index in [1.807, 2.05) is 19.1 Å². The van der Waals surface area contributed by atoms with Gasteiger partial charge in [-0.2, -0.15) is 0 Å². The summed E-state index contributed by atoms with van der Waals surface area (Å²) in [5, 5.41) is 3.41. The zero-order chi connectivity index (χ0) is 18.8. The number of amides is 1. The van der Waals surface area contributed by atoms with Gasteiger partial charge in [-0.05, 0) is 52.7 Å². The Morgan fingerprint density at radius 3 is 2.69 bits per heavy atom. The van der Waals surface area contributed by atoms with Gasteiger partial charge in [0.25, 0.3) is 5.91 Å².